The summed E-state index contributed by atoms with van der Waals surface area (Å²) in [6, 6.07) is 0. The first-order valence-electron chi connectivity index (χ1n) is 5.10. The number of rotatable bonds is 2. The number of nitrogens with two attached hydrogens (primary N) is 1. The largest absolute Gasteiger partial charge is 0.476 e. The SMILES string of the molecule is NC1(c2ocnc2C(=O)O)CCCCC1. The Labute approximate surface area is 87.3 Å². The van der Waals surface area contributed by atoms with Gasteiger partial charge in [0, 0.05) is 0 Å². The highest BCUT2D eigenvalue weighted by Gasteiger charge is 2.36. The molecule has 1 aromatic heterocycles. The maximum absolute atomic E-state index is 10.9. The van der Waals surface area contributed by atoms with Crippen LogP contribution in [0.4, 0.5) is 0 Å². The van der Waals surface area contributed by atoms with Crippen molar-refractivity contribution in [2.24, 2.45) is 5.73 Å². The average molecular weight is 210 g/mol. The van der Waals surface area contributed by atoms with Crippen LogP contribution >= 0.6 is 0 Å². The molecule has 1 aliphatic carbocycles. The Balaban J connectivity index is 2.34. The summed E-state index contributed by atoms with van der Waals surface area (Å²) >= 11 is 0. The maximum Gasteiger partial charge on any atom is 0.358 e. The van der Waals surface area contributed by atoms with Gasteiger partial charge in [0.1, 0.15) is 0 Å². The minimum Gasteiger partial charge on any atom is -0.476 e. The van der Waals surface area contributed by atoms with Crippen LogP contribution in [0.25, 0.3) is 0 Å². The summed E-state index contributed by atoms with van der Waals surface area (Å²) in [5.74, 6) is -0.746. The van der Waals surface area contributed by atoms with Crippen LogP contribution in [-0.4, -0.2) is 16.1 Å². The van der Waals surface area contributed by atoms with E-state index in [0.29, 0.717) is 5.76 Å². The van der Waals surface area contributed by atoms with Crippen LogP contribution in [0.2, 0.25) is 0 Å². The van der Waals surface area contributed by atoms with Gasteiger partial charge in [-0.3, -0.25) is 0 Å². The number of nitrogens with zero attached hydrogens (tertiary/aromatic N) is 1. The lowest BCUT2D eigenvalue weighted by Crippen LogP contribution is -2.39. The van der Waals surface area contributed by atoms with Crippen LogP contribution in [0.1, 0.15) is 48.4 Å². The van der Waals surface area contributed by atoms with Crippen molar-refractivity contribution in [2.75, 3.05) is 0 Å². The highest BCUT2D eigenvalue weighted by Crippen LogP contribution is 2.36. The van der Waals surface area contributed by atoms with E-state index < -0.39 is 11.5 Å². The second-order valence-corrected chi connectivity index (χ2v) is 4.05. The predicted molar refractivity (Wildman–Crippen MR) is 52.4 cm³/mol. The zero-order valence-electron chi connectivity index (χ0n) is 8.40. The zero-order chi connectivity index (χ0) is 10.9. The number of carbonyl (C=O) groups is 1. The van der Waals surface area contributed by atoms with Crippen molar-refractivity contribution in [1.29, 1.82) is 0 Å². The number of aromatic carboxylic acids is 1. The molecule has 0 aliphatic heterocycles. The maximum atomic E-state index is 10.9. The summed E-state index contributed by atoms with van der Waals surface area (Å²) < 4.78 is 5.15. The highest BCUT2D eigenvalue weighted by molar-refractivity contribution is 5.86. The van der Waals surface area contributed by atoms with Gasteiger partial charge in [-0.2, -0.15) is 0 Å². The first kappa shape index (κ1) is 10.2. The quantitative estimate of drug-likeness (QED) is 0.771. The summed E-state index contributed by atoms with van der Waals surface area (Å²) in [6.07, 6.45) is 5.86. The molecule has 0 amide bonds. The van der Waals surface area contributed by atoms with Crippen LogP contribution in [0.3, 0.4) is 0 Å². The molecule has 2 rings (SSSR count). The third-order valence-electron chi connectivity index (χ3n) is 2.97. The lowest BCUT2D eigenvalue weighted by molar-refractivity contribution is 0.0684. The van der Waals surface area contributed by atoms with Gasteiger partial charge < -0.3 is 15.3 Å². The average Bonchev–Trinajstić information content (AvgIpc) is 2.67. The third-order valence-corrected chi connectivity index (χ3v) is 2.97. The van der Waals surface area contributed by atoms with E-state index in [2.05, 4.69) is 4.98 Å². The molecule has 1 saturated carbocycles. The summed E-state index contributed by atoms with van der Waals surface area (Å²) in [6.45, 7) is 0. The molecule has 1 fully saturated rings. The van der Waals surface area contributed by atoms with Gasteiger partial charge in [0.2, 0.25) is 0 Å². The number of oxazole rings is 1. The van der Waals surface area contributed by atoms with Gasteiger partial charge in [-0.25, -0.2) is 9.78 Å². The molecule has 15 heavy (non-hydrogen) atoms. The Bertz CT molecular complexity index is 366. The molecule has 0 radical (unpaired) electrons. The second kappa shape index (κ2) is 3.66. The molecule has 3 N–H and O–H groups in total. The molecule has 0 atom stereocenters. The van der Waals surface area contributed by atoms with Crippen LogP contribution in [-0.2, 0) is 5.54 Å². The van der Waals surface area contributed by atoms with E-state index in [0.717, 1.165) is 38.5 Å². The predicted octanol–water partition coefficient (Wildman–Crippen LogP) is 1.49. The first-order valence-corrected chi connectivity index (χ1v) is 5.10. The van der Waals surface area contributed by atoms with Gasteiger partial charge >= 0.3 is 5.97 Å². The zero-order valence-corrected chi connectivity index (χ0v) is 8.40. The minimum absolute atomic E-state index is 0.0422. The molecule has 82 valence electrons. The standard InChI is InChI=1S/C10H14N2O3/c11-10(4-2-1-3-5-10)8-7(9(13)14)12-6-15-8/h6H,1-5,11H2,(H,13,14). The molecule has 0 spiro atoms. The van der Waals surface area contributed by atoms with E-state index in [9.17, 15) is 4.79 Å². The topological polar surface area (TPSA) is 89.4 Å². The van der Waals surface area contributed by atoms with Gasteiger partial charge in [-0.15, -0.1) is 0 Å². The minimum atomic E-state index is -1.07. The van der Waals surface area contributed by atoms with Gasteiger partial charge in [-0.05, 0) is 12.8 Å². The smallest absolute Gasteiger partial charge is 0.358 e. The van der Waals surface area contributed by atoms with Crippen molar-refractivity contribution in [3.63, 3.8) is 0 Å². The summed E-state index contributed by atoms with van der Waals surface area (Å²) in [5.41, 5.74) is 5.49. The molecule has 0 unspecified atom stereocenters. The van der Waals surface area contributed by atoms with E-state index >= 15 is 0 Å². The van der Waals surface area contributed by atoms with E-state index in [1.165, 1.54) is 0 Å². The molecule has 1 heterocycles. The number of carboxylic acids is 1. The molecule has 1 aromatic rings. The summed E-state index contributed by atoms with van der Waals surface area (Å²) in [7, 11) is 0. The molecular weight excluding hydrogens is 196 g/mol. The number of aromatic nitrogens is 1. The van der Waals surface area contributed by atoms with Crippen LogP contribution in [0.5, 0.6) is 0 Å². The Morgan fingerprint density at radius 3 is 2.73 bits per heavy atom. The fourth-order valence-electron chi connectivity index (χ4n) is 2.16. The first-order chi connectivity index (χ1) is 7.13. The number of hydrogen-bond donors (Lipinski definition) is 2. The number of hydrogen-bond acceptors (Lipinski definition) is 4. The lowest BCUT2D eigenvalue weighted by atomic mass is 9.80. The van der Waals surface area contributed by atoms with Gasteiger partial charge in [0.15, 0.2) is 17.8 Å². The molecule has 5 heteroatoms. The Morgan fingerprint density at radius 2 is 2.13 bits per heavy atom. The van der Waals surface area contributed by atoms with E-state index in [-0.39, 0.29) is 5.69 Å². The molecular formula is C10H14N2O3. The fourth-order valence-corrected chi connectivity index (χ4v) is 2.16. The summed E-state index contributed by atoms with van der Waals surface area (Å²) in [4.78, 5) is 14.6. The van der Waals surface area contributed by atoms with Crippen molar-refractivity contribution < 1.29 is 14.3 Å². The van der Waals surface area contributed by atoms with Crippen LogP contribution in [0, 0.1) is 0 Å². The van der Waals surface area contributed by atoms with Crippen LogP contribution in [0.15, 0.2) is 10.8 Å². The van der Waals surface area contributed by atoms with E-state index in [4.69, 9.17) is 15.3 Å². The Hall–Kier alpha value is -1.36. The van der Waals surface area contributed by atoms with Crippen molar-refractivity contribution in [2.45, 2.75) is 37.6 Å². The molecule has 0 aromatic carbocycles. The van der Waals surface area contributed by atoms with Gasteiger partial charge in [-0.1, -0.05) is 19.3 Å². The highest BCUT2D eigenvalue weighted by atomic mass is 16.4. The lowest BCUT2D eigenvalue weighted by Gasteiger charge is -2.31. The van der Waals surface area contributed by atoms with Crippen molar-refractivity contribution in [3.8, 4) is 0 Å². The van der Waals surface area contributed by atoms with Crippen molar-refractivity contribution in [1.82, 2.24) is 4.98 Å². The van der Waals surface area contributed by atoms with Crippen molar-refractivity contribution >= 4 is 5.97 Å². The fraction of sp³-hybridized carbons (Fsp3) is 0.600. The van der Waals surface area contributed by atoms with E-state index in [1.807, 2.05) is 0 Å². The Kier molecular flexibility index (Phi) is 2.48. The Morgan fingerprint density at radius 1 is 1.47 bits per heavy atom. The van der Waals surface area contributed by atoms with Gasteiger partial charge in [0.25, 0.3) is 0 Å². The van der Waals surface area contributed by atoms with Gasteiger partial charge in [0.05, 0.1) is 5.54 Å². The van der Waals surface area contributed by atoms with E-state index in [1.54, 1.807) is 0 Å². The molecule has 5 nitrogen and oxygen atoms in total. The summed E-state index contributed by atoms with van der Waals surface area (Å²) in [5, 5.41) is 8.92. The third kappa shape index (κ3) is 1.74. The molecule has 1 aliphatic rings. The second-order valence-electron chi connectivity index (χ2n) is 4.05. The molecule has 0 saturated heterocycles. The monoisotopic (exact) mass is 210 g/mol. The van der Waals surface area contributed by atoms with Crippen molar-refractivity contribution in [3.05, 3.63) is 17.8 Å². The molecule has 0 bridgehead atoms. The number of carboxylic acid groups (broad SMARTS) is 1. The normalized spacial score (nSPS) is 20.1. The van der Waals surface area contributed by atoms with Crippen LogP contribution < -0.4 is 5.73 Å².